The maximum atomic E-state index is 11.8. The van der Waals surface area contributed by atoms with Crippen molar-refractivity contribution in [3.8, 4) is 0 Å². The maximum Gasteiger partial charge on any atom is 0.326 e. The summed E-state index contributed by atoms with van der Waals surface area (Å²) in [7, 11) is 0. The number of hydrogen-bond donors (Lipinski definition) is 3. The zero-order valence-corrected chi connectivity index (χ0v) is 10.3. The number of carbonyl (C=O) groups is 2. The number of carboxylic acid groups (broad SMARTS) is 1. The van der Waals surface area contributed by atoms with Gasteiger partial charge < -0.3 is 25.0 Å². The van der Waals surface area contributed by atoms with E-state index in [9.17, 15) is 14.7 Å². The van der Waals surface area contributed by atoms with E-state index in [1.807, 2.05) is 0 Å². The van der Waals surface area contributed by atoms with Crippen LogP contribution in [-0.4, -0.2) is 61.9 Å². The number of hydrogen-bond acceptors (Lipinski definition) is 4. The number of aliphatic hydroxyl groups excluding tert-OH is 1. The zero-order chi connectivity index (χ0) is 13.8. The topological polar surface area (TPSA) is 108 Å². The fourth-order valence-electron chi connectivity index (χ4n) is 2.08. The lowest BCUT2D eigenvalue weighted by molar-refractivity contribution is -0.141. The molecule has 2 atom stereocenters. The molecule has 19 heavy (non-hydrogen) atoms. The van der Waals surface area contributed by atoms with Crippen LogP contribution in [0.1, 0.15) is 6.42 Å². The minimum Gasteiger partial charge on any atom is -0.480 e. The molecule has 0 aliphatic carbocycles. The number of carboxylic acids is 1. The molecular weight excluding hydrogens is 252 g/mol. The fourth-order valence-corrected chi connectivity index (χ4v) is 2.08. The Bertz CT molecular complexity index is 448. The molecule has 0 radical (unpaired) electrons. The van der Waals surface area contributed by atoms with Crippen LogP contribution in [0.25, 0.3) is 0 Å². The number of imidazole rings is 1. The highest BCUT2D eigenvalue weighted by molar-refractivity contribution is 5.83. The Kier molecular flexibility index (Phi) is 4.00. The summed E-state index contributed by atoms with van der Waals surface area (Å²) >= 11 is 0. The highest BCUT2D eigenvalue weighted by Gasteiger charge is 2.38. The van der Waals surface area contributed by atoms with E-state index in [1.54, 1.807) is 23.3 Å². The van der Waals surface area contributed by atoms with Gasteiger partial charge in [0.15, 0.2) is 0 Å². The third-order valence-electron chi connectivity index (χ3n) is 3.03. The number of β-amino-alcohol motifs (C(OH)–C–C–N with tert-alkyl or cyclic N) is 1. The van der Waals surface area contributed by atoms with Crippen LogP contribution in [0.4, 0.5) is 4.79 Å². The lowest BCUT2D eigenvalue weighted by Gasteiger charge is -2.21. The lowest BCUT2D eigenvalue weighted by atomic mass is 10.2. The Hall–Kier alpha value is -2.09. The van der Waals surface area contributed by atoms with Crippen LogP contribution >= 0.6 is 0 Å². The maximum absolute atomic E-state index is 11.8. The van der Waals surface area contributed by atoms with Crippen molar-refractivity contribution in [3.05, 3.63) is 18.7 Å². The molecule has 1 aliphatic rings. The van der Waals surface area contributed by atoms with Crippen molar-refractivity contribution in [2.45, 2.75) is 25.1 Å². The fraction of sp³-hybridized carbons (Fsp3) is 0.545. The molecule has 0 aromatic carbocycles. The van der Waals surface area contributed by atoms with E-state index >= 15 is 0 Å². The van der Waals surface area contributed by atoms with Crippen LogP contribution < -0.4 is 5.32 Å². The van der Waals surface area contributed by atoms with Crippen LogP contribution in [0.3, 0.4) is 0 Å². The minimum atomic E-state index is -1.10. The van der Waals surface area contributed by atoms with E-state index in [1.165, 1.54) is 0 Å². The van der Waals surface area contributed by atoms with Crippen molar-refractivity contribution in [1.29, 1.82) is 0 Å². The molecule has 1 aromatic heterocycles. The summed E-state index contributed by atoms with van der Waals surface area (Å²) in [4.78, 5) is 27.9. The number of rotatable bonds is 4. The summed E-state index contributed by atoms with van der Waals surface area (Å²) in [6.45, 7) is 0.974. The average molecular weight is 268 g/mol. The van der Waals surface area contributed by atoms with Gasteiger partial charge >= 0.3 is 12.0 Å². The first-order valence-corrected chi connectivity index (χ1v) is 5.99. The van der Waals surface area contributed by atoms with Crippen LogP contribution in [-0.2, 0) is 11.3 Å². The van der Waals surface area contributed by atoms with Crippen LogP contribution in [0.15, 0.2) is 18.7 Å². The molecule has 104 valence electrons. The van der Waals surface area contributed by atoms with E-state index < -0.39 is 24.1 Å². The van der Waals surface area contributed by atoms with Crippen molar-refractivity contribution < 1.29 is 19.8 Å². The molecule has 3 N–H and O–H groups in total. The van der Waals surface area contributed by atoms with Gasteiger partial charge in [0.05, 0.1) is 12.4 Å². The van der Waals surface area contributed by atoms with Crippen molar-refractivity contribution in [2.24, 2.45) is 0 Å². The van der Waals surface area contributed by atoms with E-state index in [4.69, 9.17) is 5.11 Å². The van der Waals surface area contributed by atoms with Gasteiger partial charge in [0.2, 0.25) is 0 Å². The molecule has 8 nitrogen and oxygen atoms in total. The Labute approximate surface area is 109 Å². The second-order valence-corrected chi connectivity index (χ2v) is 4.43. The predicted octanol–water partition coefficient (Wildman–Crippen LogP) is -0.887. The molecule has 1 aliphatic heterocycles. The summed E-state index contributed by atoms with van der Waals surface area (Å²) in [5.41, 5.74) is 0. The van der Waals surface area contributed by atoms with Gasteiger partial charge in [0.25, 0.3) is 0 Å². The van der Waals surface area contributed by atoms with Crippen LogP contribution in [0.5, 0.6) is 0 Å². The van der Waals surface area contributed by atoms with Crippen molar-refractivity contribution in [1.82, 2.24) is 19.8 Å². The number of likely N-dealkylation sites (tertiary alicyclic amines) is 1. The Morgan fingerprint density at radius 1 is 1.47 bits per heavy atom. The Morgan fingerprint density at radius 2 is 2.26 bits per heavy atom. The van der Waals surface area contributed by atoms with Crippen molar-refractivity contribution >= 4 is 12.0 Å². The van der Waals surface area contributed by atoms with Gasteiger partial charge in [0.1, 0.15) is 6.04 Å². The van der Waals surface area contributed by atoms with Gasteiger partial charge in [-0.25, -0.2) is 14.6 Å². The van der Waals surface area contributed by atoms with Crippen molar-refractivity contribution in [2.75, 3.05) is 13.1 Å². The number of aromatic nitrogens is 2. The molecule has 8 heteroatoms. The molecule has 0 spiro atoms. The van der Waals surface area contributed by atoms with Gasteiger partial charge in [-0.1, -0.05) is 0 Å². The predicted molar refractivity (Wildman–Crippen MR) is 64.4 cm³/mol. The zero-order valence-electron chi connectivity index (χ0n) is 10.3. The molecule has 1 fully saturated rings. The number of aliphatic carboxylic acids is 1. The van der Waals surface area contributed by atoms with E-state index in [2.05, 4.69) is 10.3 Å². The van der Waals surface area contributed by atoms with Gasteiger partial charge in [-0.15, -0.1) is 0 Å². The second kappa shape index (κ2) is 5.70. The van der Waals surface area contributed by atoms with Gasteiger partial charge in [-0.05, 0) is 0 Å². The smallest absolute Gasteiger partial charge is 0.326 e. The number of carbonyl (C=O) groups excluding carboxylic acids is 1. The van der Waals surface area contributed by atoms with E-state index in [0.717, 1.165) is 4.90 Å². The number of nitrogens with one attached hydrogen (secondary N) is 1. The van der Waals surface area contributed by atoms with Gasteiger partial charge in [-0.3, -0.25) is 0 Å². The molecule has 0 saturated carbocycles. The molecule has 2 amide bonds. The molecule has 0 bridgehead atoms. The quantitative estimate of drug-likeness (QED) is 0.656. The first-order chi connectivity index (χ1) is 9.08. The summed E-state index contributed by atoms with van der Waals surface area (Å²) < 4.78 is 1.80. The normalized spacial score (nSPS) is 22.5. The molecule has 1 aromatic rings. The molecule has 2 rings (SSSR count). The molecule has 1 saturated heterocycles. The second-order valence-electron chi connectivity index (χ2n) is 4.43. The number of aliphatic hydroxyl groups is 1. The highest BCUT2D eigenvalue weighted by atomic mass is 16.4. The van der Waals surface area contributed by atoms with E-state index in [-0.39, 0.29) is 13.0 Å². The molecule has 0 unspecified atom stereocenters. The summed E-state index contributed by atoms with van der Waals surface area (Å²) in [6.07, 6.45) is 4.33. The third-order valence-corrected chi connectivity index (χ3v) is 3.03. The van der Waals surface area contributed by atoms with E-state index in [0.29, 0.717) is 13.1 Å². The third kappa shape index (κ3) is 3.22. The lowest BCUT2D eigenvalue weighted by Crippen LogP contribution is -2.46. The number of urea groups is 1. The van der Waals surface area contributed by atoms with Gasteiger partial charge in [-0.2, -0.15) is 0 Å². The molecule has 2 heterocycles. The molecular formula is C11H16N4O4. The SMILES string of the molecule is O=C(O)[C@@H]1C[C@H](O)CN1C(=O)NCCn1ccnc1. The first-order valence-electron chi connectivity index (χ1n) is 5.99. The summed E-state index contributed by atoms with van der Waals surface area (Å²) in [5, 5.41) is 21.1. The summed E-state index contributed by atoms with van der Waals surface area (Å²) in [6, 6.07) is -1.42. The largest absolute Gasteiger partial charge is 0.480 e. The van der Waals surface area contributed by atoms with Gasteiger partial charge in [0, 0.05) is 38.4 Å². The Balaban J connectivity index is 1.83. The summed E-state index contributed by atoms with van der Waals surface area (Å²) in [5.74, 6) is -1.10. The number of nitrogens with zero attached hydrogens (tertiary/aromatic N) is 3. The number of amides is 2. The van der Waals surface area contributed by atoms with Crippen LogP contribution in [0.2, 0.25) is 0 Å². The highest BCUT2D eigenvalue weighted by Crippen LogP contribution is 2.17. The Morgan fingerprint density at radius 3 is 2.89 bits per heavy atom. The average Bonchev–Trinajstić information content (AvgIpc) is 2.98. The monoisotopic (exact) mass is 268 g/mol. The first kappa shape index (κ1) is 13.3. The van der Waals surface area contributed by atoms with Crippen LogP contribution in [0, 0.1) is 0 Å². The minimum absolute atomic E-state index is 0.0495. The standard InChI is InChI=1S/C11H16N4O4/c16-8-5-9(10(17)18)15(6-8)11(19)13-2-4-14-3-1-12-7-14/h1,3,7-9,16H,2,4-6H2,(H,13,19)(H,17,18)/t8-,9-/m0/s1. The van der Waals surface area contributed by atoms with Crippen molar-refractivity contribution in [3.63, 3.8) is 0 Å².